The van der Waals surface area contributed by atoms with E-state index in [9.17, 15) is 9.90 Å². The maximum atomic E-state index is 12.1. The van der Waals surface area contributed by atoms with Gasteiger partial charge in [-0.05, 0) is 12.1 Å². The van der Waals surface area contributed by atoms with Crippen LogP contribution < -0.4 is 5.43 Å². The van der Waals surface area contributed by atoms with E-state index in [1.165, 1.54) is 0 Å². The van der Waals surface area contributed by atoms with Gasteiger partial charge in [0.25, 0.3) is 0 Å². The summed E-state index contributed by atoms with van der Waals surface area (Å²) in [6.07, 6.45) is 0. The van der Waals surface area contributed by atoms with Crippen molar-refractivity contribution >= 4 is 22.5 Å². The highest BCUT2D eigenvalue weighted by Crippen LogP contribution is 2.28. The first-order valence-electron chi connectivity index (χ1n) is 5.77. The van der Waals surface area contributed by atoms with E-state index in [-0.39, 0.29) is 5.75 Å². The number of aromatic hydroxyl groups is 1. The number of para-hydroxylation sites is 1. The van der Waals surface area contributed by atoms with Crippen LogP contribution in [0, 0.1) is 0 Å². The van der Waals surface area contributed by atoms with E-state index in [1.54, 1.807) is 18.2 Å². The predicted molar refractivity (Wildman–Crippen MR) is 76.7 cm³/mol. The van der Waals surface area contributed by atoms with Crippen molar-refractivity contribution in [2.75, 3.05) is 0 Å². The number of hydrogen-bond acceptors (Lipinski definition) is 2. The van der Waals surface area contributed by atoms with Gasteiger partial charge in [-0.3, -0.25) is 4.79 Å². The highest BCUT2D eigenvalue weighted by Gasteiger charge is 2.13. The van der Waals surface area contributed by atoms with Gasteiger partial charge >= 0.3 is 0 Å². The van der Waals surface area contributed by atoms with Crippen molar-refractivity contribution in [2.24, 2.45) is 0 Å². The van der Waals surface area contributed by atoms with Crippen molar-refractivity contribution in [3.63, 3.8) is 0 Å². The molecule has 0 unspecified atom stereocenters. The Morgan fingerprint density at radius 2 is 1.74 bits per heavy atom. The van der Waals surface area contributed by atoms with Gasteiger partial charge in [0, 0.05) is 5.56 Å². The van der Waals surface area contributed by atoms with E-state index in [0.29, 0.717) is 21.6 Å². The molecule has 4 heteroatoms. The fourth-order valence-corrected chi connectivity index (χ4v) is 2.30. The maximum absolute atomic E-state index is 12.1. The minimum Gasteiger partial charge on any atom is -0.503 e. The van der Waals surface area contributed by atoms with Crippen molar-refractivity contribution in [1.82, 2.24) is 4.98 Å². The third-order valence-electron chi connectivity index (χ3n) is 3.02. The minimum atomic E-state index is -0.421. The zero-order valence-electron chi connectivity index (χ0n) is 9.85. The van der Waals surface area contributed by atoms with Crippen LogP contribution in [-0.2, 0) is 0 Å². The Balaban J connectivity index is 2.42. The van der Waals surface area contributed by atoms with Crippen molar-refractivity contribution in [1.29, 1.82) is 0 Å². The van der Waals surface area contributed by atoms with E-state index < -0.39 is 5.43 Å². The van der Waals surface area contributed by atoms with Gasteiger partial charge in [0.2, 0.25) is 5.43 Å². The summed E-state index contributed by atoms with van der Waals surface area (Å²) in [7, 11) is 0. The SMILES string of the molecule is O=c1c(O)c(-c2ccccc2)[nH]c2c(Cl)cccc12. The summed E-state index contributed by atoms with van der Waals surface area (Å²) in [5, 5.41) is 10.9. The van der Waals surface area contributed by atoms with E-state index in [0.717, 1.165) is 5.56 Å². The lowest BCUT2D eigenvalue weighted by Gasteiger charge is -2.08. The molecule has 0 spiro atoms. The molecule has 0 aliphatic carbocycles. The molecule has 0 bridgehead atoms. The molecule has 0 radical (unpaired) electrons. The second-order valence-corrected chi connectivity index (χ2v) is 4.61. The van der Waals surface area contributed by atoms with Gasteiger partial charge < -0.3 is 10.1 Å². The number of fused-ring (bicyclic) bond motifs is 1. The van der Waals surface area contributed by atoms with Crippen LogP contribution in [0.25, 0.3) is 22.2 Å². The summed E-state index contributed by atoms with van der Waals surface area (Å²) >= 11 is 6.09. The number of halogens is 1. The molecule has 1 aromatic heterocycles. The molecule has 2 aromatic carbocycles. The topological polar surface area (TPSA) is 53.1 Å². The molecule has 0 saturated heterocycles. The van der Waals surface area contributed by atoms with Crippen LogP contribution in [0.15, 0.2) is 53.3 Å². The predicted octanol–water partition coefficient (Wildman–Crippen LogP) is 3.55. The number of H-pyrrole nitrogens is 1. The van der Waals surface area contributed by atoms with Gasteiger partial charge in [-0.1, -0.05) is 48.0 Å². The Labute approximate surface area is 114 Å². The Kier molecular flexibility index (Phi) is 2.76. The Morgan fingerprint density at radius 3 is 2.47 bits per heavy atom. The summed E-state index contributed by atoms with van der Waals surface area (Å²) in [4.78, 5) is 15.2. The number of pyridine rings is 1. The number of hydrogen-bond donors (Lipinski definition) is 2. The lowest BCUT2D eigenvalue weighted by Crippen LogP contribution is -2.05. The lowest BCUT2D eigenvalue weighted by molar-refractivity contribution is 0.471. The second-order valence-electron chi connectivity index (χ2n) is 4.21. The van der Waals surface area contributed by atoms with Crippen LogP contribution in [0.1, 0.15) is 0 Å². The molecule has 2 N–H and O–H groups in total. The number of nitrogens with one attached hydrogen (secondary N) is 1. The van der Waals surface area contributed by atoms with Gasteiger partial charge in [0.15, 0.2) is 5.75 Å². The smallest absolute Gasteiger partial charge is 0.231 e. The zero-order valence-corrected chi connectivity index (χ0v) is 10.6. The molecule has 94 valence electrons. The van der Waals surface area contributed by atoms with Crippen molar-refractivity contribution in [3.05, 3.63) is 63.8 Å². The molecule has 3 aromatic rings. The standard InChI is InChI=1S/C15H10ClNO2/c16-11-8-4-7-10-13(11)17-12(15(19)14(10)18)9-5-2-1-3-6-9/h1-8,19H,(H,17,18). The Hall–Kier alpha value is -2.26. The summed E-state index contributed by atoms with van der Waals surface area (Å²) in [6.45, 7) is 0. The van der Waals surface area contributed by atoms with Gasteiger partial charge in [-0.2, -0.15) is 0 Å². The van der Waals surface area contributed by atoms with Crippen molar-refractivity contribution in [2.45, 2.75) is 0 Å². The first-order valence-corrected chi connectivity index (χ1v) is 6.15. The van der Waals surface area contributed by atoms with Gasteiger partial charge in [0.05, 0.1) is 21.6 Å². The van der Waals surface area contributed by atoms with E-state index in [1.807, 2.05) is 30.3 Å². The fraction of sp³-hybridized carbons (Fsp3) is 0. The van der Waals surface area contributed by atoms with Gasteiger partial charge in [-0.25, -0.2) is 0 Å². The largest absolute Gasteiger partial charge is 0.503 e. The van der Waals surface area contributed by atoms with Crippen LogP contribution in [0.2, 0.25) is 5.02 Å². The molecule has 0 aliphatic rings. The molecule has 3 nitrogen and oxygen atoms in total. The van der Waals surface area contributed by atoms with Crippen LogP contribution in [-0.4, -0.2) is 10.1 Å². The summed E-state index contributed by atoms with van der Waals surface area (Å²) < 4.78 is 0. The van der Waals surface area contributed by atoms with Crippen molar-refractivity contribution in [3.8, 4) is 17.0 Å². The van der Waals surface area contributed by atoms with Gasteiger partial charge in [-0.15, -0.1) is 0 Å². The molecule has 0 fully saturated rings. The van der Waals surface area contributed by atoms with Crippen LogP contribution in [0.3, 0.4) is 0 Å². The van der Waals surface area contributed by atoms with Gasteiger partial charge in [0.1, 0.15) is 0 Å². The molecule has 1 heterocycles. The highest BCUT2D eigenvalue weighted by molar-refractivity contribution is 6.35. The Bertz CT molecular complexity index is 809. The zero-order chi connectivity index (χ0) is 13.4. The average Bonchev–Trinajstić information content (AvgIpc) is 2.44. The third kappa shape index (κ3) is 1.88. The molecular weight excluding hydrogens is 262 g/mol. The minimum absolute atomic E-state index is 0.291. The molecular formula is C15H10ClNO2. The van der Waals surface area contributed by atoms with Crippen LogP contribution in [0.5, 0.6) is 5.75 Å². The van der Waals surface area contributed by atoms with E-state index in [4.69, 9.17) is 11.6 Å². The monoisotopic (exact) mass is 271 g/mol. The number of aromatic amines is 1. The molecule has 0 aliphatic heterocycles. The first-order chi connectivity index (χ1) is 9.18. The first kappa shape index (κ1) is 11.8. The number of aromatic nitrogens is 1. The normalized spacial score (nSPS) is 10.8. The Morgan fingerprint density at radius 1 is 1.00 bits per heavy atom. The summed E-state index contributed by atoms with van der Waals surface area (Å²) in [6, 6.07) is 14.2. The van der Waals surface area contributed by atoms with Crippen LogP contribution in [0.4, 0.5) is 0 Å². The van der Waals surface area contributed by atoms with E-state index in [2.05, 4.69) is 4.98 Å². The number of rotatable bonds is 1. The highest BCUT2D eigenvalue weighted by atomic mass is 35.5. The summed E-state index contributed by atoms with van der Waals surface area (Å²) in [5.74, 6) is -0.291. The summed E-state index contributed by atoms with van der Waals surface area (Å²) in [5.41, 5.74) is 1.23. The van der Waals surface area contributed by atoms with E-state index >= 15 is 0 Å². The van der Waals surface area contributed by atoms with Crippen molar-refractivity contribution < 1.29 is 5.11 Å². The lowest BCUT2D eigenvalue weighted by atomic mass is 10.1. The van der Waals surface area contributed by atoms with Crippen LogP contribution >= 0.6 is 11.6 Å². The maximum Gasteiger partial charge on any atom is 0.231 e. The fourth-order valence-electron chi connectivity index (χ4n) is 2.08. The molecule has 0 atom stereocenters. The average molecular weight is 272 g/mol. The molecule has 0 saturated carbocycles. The molecule has 19 heavy (non-hydrogen) atoms. The molecule has 0 amide bonds. The molecule has 3 rings (SSSR count). The number of benzene rings is 2. The third-order valence-corrected chi connectivity index (χ3v) is 3.34. The quantitative estimate of drug-likeness (QED) is 0.711. The second kappa shape index (κ2) is 4.44.